The second-order valence-electron chi connectivity index (χ2n) is 5.49. The minimum Gasteiger partial charge on any atom is -0.233 e. The minimum absolute atomic E-state index is 0.154. The van der Waals surface area contributed by atoms with Gasteiger partial charge >= 0.3 is 6.18 Å². The van der Waals surface area contributed by atoms with Crippen molar-refractivity contribution in [1.29, 1.82) is 0 Å². The molecule has 0 spiro atoms. The van der Waals surface area contributed by atoms with Crippen molar-refractivity contribution in [2.45, 2.75) is 11.1 Å². The van der Waals surface area contributed by atoms with Crippen molar-refractivity contribution < 1.29 is 21.6 Å². The van der Waals surface area contributed by atoms with Gasteiger partial charge in [-0.05, 0) is 30.3 Å². The zero-order valence-electron chi connectivity index (χ0n) is 13.1. The molecule has 0 atom stereocenters. The van der Waals surface area contributed by atoms with Crippen LogP contribution in [0.2, 0.25) is 0 Å². The van der Waals surface area contributed by atoms with E-state index in [1.807, 2.05) is 0 Å². The molecule has 3 aromatic rings. The molecule has 5 nitrogen and oxygen atoms in total. The molecule has 10 heteroatoms. The van der Waals surface area contributed by atoms with Gasteiger partial charge in [-0.3, -0.25) is 0 Å². The Labute approximate surface area is 148 Å². The fourth-order valence-corrected chi connectivity index (χ4v) is 2.87. The number of benzene rings is 2. The molecule has 0 unspecified atom stereocenters. The Morgan fingerprint density at radius 3 is 2.08 bits per heavy atom. The first-order valence-corrected chi connectivity index (χ1v) is 8.77. The van der Waals surface area contributed by atoms with E-state index >= 15 is 0 Å². The van der Waals surface area contributed by atoms with Crippen LogP contribution in [0.25, 0.3) is 16.9 Å². The summed E-state index contributed by atoms with van der Waals surface area (Å²) in [6, 6.07) is 12.2. The second-order valence-corrected chi connectivity index (χ2v) is 7.05. The van der Waals surface area contributed by atoms with Gasteiger partial charge in [-0.25, -0.2) is 18.2 Å². The minimum atomic E-state index is -4.63. The van der Waals surface area contributed by atoms with Gasteiger partial charge in [0.15, 0.2) is 5.69 Å². The van der Waals surface area contributed by atoms with E-state index < -0.39 is 21.9 Å². The van der Waals surface area contributed by atoms with E-state index in [0.29, 0.717) is 11.0 Å². The predicted molar refractivity (Wildman–Crippen MR) is 90.8 cm³/mol. The SMILES string of the molecule is [B]c1ccc(-c2cc(C(F)(F)F)nn2-c2ccc(S(N)(=O)=O)cc2)cc1. The first-order chi connectivity index (χ1) is 12.1. The van der Waals surface area contributed by atoms with Crippen molar-refractivity contribution in [2.24, 2.45) is 5.14 Å². The quantitative estimate of drug-likeness (QED) is 0.710. The van der Waals surface area contributed by atoms with Crippen molar-refractivity contribution in [3.8, 4) is 16.9 Å². The number of aromatic nitrogens is 2. The Bertz CT molecular complexity index is 1040. The summed E-state index contributed by atoms with van der Waals surface area (Å²) in [5.74, 6) is 0. The van der Waals surface area contributed by atoms with Crippen LogP contribution in [0.5, 0.6) is 0 Å². The zero-order valence-corrected chi connectivity index (χ0v) is 13.9. The molecule has 0 saturated carbocycles. The Hall–Kier alpha value is -2.59. The maximum absolute atomic E-state index is 13.1. The van der Waals surface area contributed by atoms with Crippen LogP contribution in [0.3, 0.4) is 0 Å². The molecule has 0 saturated heterocycles. The lowest BCUT2D eigenvalue weighted by molar-refractivity contribution is -0.141. The van der Waals surface area contributed by atoms with E-state index in [0.717, 1.165) is 10.7 Å². The van der Waals surface area contributed by atoms with Crippen LogP contribution in [-0.2, 0) is 16.2 Å². The fourth-order valence-electron chi connectivity index (χ4n) is 2.35. The number of hydrogen-bond acceptors (Lipinski definition) is 3. The number of primary sulfonamides is 1. The van der Waals surface area contributed by atoms with Crippen molar-refractivity contribution in [3.63, 3.8) is 0 Å². The highest BCUT2D eigenvalue weighted by Gasteiger charge is 2.35. The first-order valence-electron chi connectivity index (χ1n) is 7.22. The summed E-state index contributed by atoms with van der Waals surface area (Å²) in [7, 11) is 1.70. The summed E-state index contributed by atoms with van der Waals surface area (Å²) in [6.07, 6.45) is -4.63. The third kappa shape index (κ3) is 3.66. The van der Waals surface area contributed by atoms with Crippen LogP contribution in [0, 0.1) is 0 Å². The highest BCUT2D eigenvalue weighted by atomic mass is 32.2. The van der Waals surface area contributed by atoms with E-state index in [9.17, 15) is 21.6 Å². The standard InChI is InChI=1S/C16H11BF3N3O2S/c17-11-3-1-10(2-4-11)14-9-15(16(18,19)20)22-23(14)12-5-7-13(8-6-12)26(21,24)25/h1-9H,(H2,21,24,25). The molecule has 1 aromatic heterocycles. The van der Waals surface area contributed by atoms with Crippen molar-refractivity contribution in [2.75, 3.05) is 0 Å². The summed E-state index contributed by atoms with van der Waals surface area (Å²) in [5, 5.41) is 8.65. The van der Waals surface area contributed by atoms with Crippen molar-refractivity contribution >= 4 is 23.3 Å². The van der Waals surface area contributed by atoms with Crippen molar-refractivity contribution in [1.82, 2.24) is 9.78 Å². The monoisotopic (exact) mass is 377 g/mol. The number of alkyl halides is 3. The summed E-state index contributed by atoms with van der Waals surface area (Å²) in [5.41, 5.74) is 0.298. The summed E-state index contributed by atoms with van der Waals surface area (Å²) >= 11 is 0. The maximum atomic E-state index is 13.1. The number of hydrogen-bond donors (Lipinski definition) is 1. The Morgan fingerprint density at radius 2 is 1.58 bits per heavy atom. The van der Waals surface area contributed by atoms with Crippen LogP contribution >= 0.6 is 0 Å². The van der Waals surface area contributed by atoms with Crippen molar-refractivity contribution in [3.05, 3.63) is 60.3 Å². The van der Waals surface area contributed by atoms with Gasteiger partial charge in [0.2, 0.25) is 10.0 Å². The summed E-state index contributed by atoms with van der Waals surface area (Å²) in [6.45, 7) is 0. The average Bonchev–Trinajstić information content (AvgIpc) is 3.00. The van der Waals surface area contributed by atoms with Crippen LogP contribution in [0.1, 0.15) is 5.69 Å². The number of halogens is 3. The van der Waals surface area contributed by atoms with Gasteiger partial charge in [-0.15, -0.1) is 0 Å². The molecule has 26 heavy (non-hydrogen) atoms. The van der Waals surface area contributed by atoms with Gasteiger partial charge in [0.05, 0.1) is 16.3 Å². The molecule has 0 fully saturated rings. The smallest absolute Gasteiger partial charge is 0.233 e. The van der Waals surface area contributed by atoms with Gasteiger partial charge in [0.25, 0.3) is 0 Å². The lowest BCUT2D eigenvalue weighted by Gasteiger charge is -2.09. The van der Waals surface area contributed by atoms with Crippen LogP contribution in [0.15, 0.2) is 59.5 Å². The van der Waals surface area contributed by atoms with Gasteiger partial charge < -0.3 is 0 Å². The van der Waals surface area contributed by atoms with E-state index in [1.54, 1.807) is 24.3 Å². The Morgan fingerprint density at radius 1 is 1.00 bits per heavy atom. The molecule has 0 aliphatic heterocycles. The lowest BCUT2D eigenvalue weighted by Crippen LogP contribution is -2.12. The Kier molecular flexibility index (Phi) is 4.41. The molecule has 3 rings (SSSR count). The molecule has 2 aromatic carbocycles. The number of sulfonamides is 1. The predicted octanol–water partition coefficient (Wildman–Crippen LogP) is 2.00. The van der Waals surface area contributed by atoms with Gasteiger partial charge in [-0.1, -0.05) is 29.7 Å². The molecule has 2 radical (unpaired) electrons. The normalized spacial score (nSPS) is 12.3. The lowest BCUT2D eigenvalue weighted by atomic mass is 9.95. The van der Waals surface area contributed by atoms with Crippen LogP contribution < -0.4 is 10.6 Å². The van der Waals surface area contributed by atoms with E-state index in [1.165, 1.54) is 24.3 Å². The molecule has 132 valence electrons. The van der Waals surface area contributed by atoms with Gasteiger partial charge in [0, 0.05) is 5.56 Å². The van der Waals surface area contributed by atoms with E-state index in [4.69, 9.17) is 13.0 Å². The number of rotatable bonds is 3. The number of nitrogens with zero attached hydrogens (tertiary/aromatic N) is 2. The molecule has 0 aliphatic carbocycles. The van der Waals surface area contributed by atoms with E-state index in [-0.39, 0.29) is 16.3 Å². The fraction of sp³-hybridized carbons (Fsp3) is 0.0625. The first kappa shape index (κ1) is 18.2. The third-order valence-corrected chi connectivity index (χ3v) is 4.55. The molecular weight excluding hydrogens is 366 g/mol. The summed E-state index contributed by atoms with van der Waals surface area (Å²) in [4.78, 5) is -0.154. The van der Waals surface area contributed by atoms with E-state index in [2.05, 4.69) is 5.10 Å². The molecule has 0 aliphatic rings. The number of nitrogens with two attached hydrogens (primary N) is 1. The molecular formula is C16H11BF3N3O2S. The Balaban J connectivity index is 2.16. The highest BCUT2D eigenvalue weighted by molar-refractivity contribution is 7.89. The molecule has 0 amide bonds. The van der Waals surface area contributed by atoms with Crippen LogP contribution in [-0.4, -0.2) is 26.0 Å². The second kappa shape index (κ2) is 6.29. The molecule has 2 N–H and O–H groups in total. The molecule has 1 heterocycles. The summed E-state index contributed by atoms with van der Waals surface area (Å²) < 4.78 is 63.1. The molecule has 0 bridgehead atoms. The average molecular weight is 377 g/mol. The largest absolute Gasteiger partial charge is 0.435 e. The zero-order chi connectivity index (χ0) is 19.1. The maximum Gasteiger partial charge on any atom is 0.435 e. The van der Waals surface area contributed by atoms with Gasteiger partial charge in [0.1, 0.15) is 7.85 Å². The van der Waals surface area contributed by atoms with Crippen LogP contribution in [0.4, 0.5) is 13.2 Å². The van der Waals surface area contributed by atoms with Gasteiger partial charge in [-0.2, -0.15) is 18.3 Å². The third-order valence-electron chi connectivity index (χ3n) is 3.62. The topological polar surface area (TPSA) is 78.0 Å². The highest BCUT2D eigenvalue weighted by Crippen LogP contribution is 2.33.